The number of ether oxygens (including phenoxy) is 1. The Morgan fingerprint density at radius 3 is 2.46 bits per heavy atom. The largest absolute Gasteiger partial charge is 0.495 e. The first-order valence-corrected chi connectivity index (χ1v) is 9.16. The fourth-order valence-electron chi connectivity index (χ4n) is 2.93. The molecule has 2 aromatic rings. The van der Waals surface area contributed by atoms with Crippen LogP contribution in [0.1, 0.15) is 25.5 Å². The van der Waals surface area contributed by atoms with Crippen LogP contribution >= 0.6 is 11.6 Å². The van der Waals surface area contributed by atoms with Crippen molar-refractivity contribution in [2.75, 3.05) is 32.1 Å². The lowest BCUT2D eigenvalue weighted by Crippen LogP contribution is -2.32. The van der Waals surface area contributed by atoms with Crippen LogP contribution in [-0.2, 0) is 0 Å². The molecule has 0 saturated carbocycles. The predicted molar refractivity (Wildman–Crippen MR) is 110 cm³/mol. The Morgan fingerprint density at radius 2 is 1.81 bits per heavy atom. The number of guanidine groups is 1. The summed E-state index contributed by atoms with van der Waals surface area (Å²) in [5, 5.41) is 3.86. The normalized spacial score (nSPS) is 12.9. The van der Waals surface area contributed by atoms with E-state index in [9.17, 15) is 0 Å². The van der Waals surface area contributed by atoms with E-state index in [4.69, 9.17) is 22.1 Å². The third-order valence-corrected chi connectivity index (χ3v) is 4.67. The molecule has 0 radical (unpaired) electrons. The molecule has 0 bridgehead atoms. The van der Waals surface area contributed by atoms with Crippen LogP contribution in [0.15, 0.2) is 53.5 Å². The van der Waals surface area contributed by atoms with E-state index in [2.05, 4.69) is 29.1 Å². The van der Waals surface area contributed by atoms with Crippen molar-refractivity contribution < 1.29 is 4.74 Å². The molecule has 0 saturated heterocycles. The zero-order chi connectivity index (χ0) is 18.9. The number of hydrogen-bond donors (Lipinski definition) is 2. The van der Waals surface area contributed by atoms with Gasteiger partial charge in [-0.15, -0.1) is 0 Å². The summed E-state index contributed by atoms with van der Waals surface area (Å²) in [5.41, 5.74) is 7.96. The molecule has 0 aliphatic carbocycles. The van der Waals surface area contributed by atoms with E-state index in [1.165, 1.54) is 0 Å². The molecule has 6 heteroatoms. The van der Waals surface area contributed by atoms with Gasteiger partial charge in [-0.1, -0.05) is 55.8 Å². The lowest BCUT2D eigenvalue weighted by atomic mass is 10.1. The minimum absolute atomic E-state index is 0.0664. The Bertz CT molecular complexity index is 731. The van der Waals surface area contributed by atoms with Crippen LogP contribution in [0.4, 0.5) is 5.69 Å². The van der Waals surface area contributed by atoms with E-state index >= 15 is 0 Å². The Hall–Kier alpha value is -2.24. The second kappa shape index (κ2) is 10.0. The number of para-hydroxylation sites is 2. The first-order chi connectivity index (χ1) is 12.6. The molecular formula is C20H27ClN4O. The lowest BCUT2D eigenvalue weighted by Gasteiger charge is -2.29. The van der Waals surface area contributed by atoms with Crippen molar-refractivity contribution in [3.8, 4) is 5.75 Å². The average Bonchev–Trinajstić information content (AvgIpc) is 2.66. The quantitative estimate of drug-likeness (QED) is 0.538. The minimum atomic E-state index is 0.0664. The van der Waals surface area contributed by atoms with Gasteiger partial charge in [-0.2, -0.15) is 0 Å². The highest BCUT2D eigenvalue weighted by molar-refractivity contribution is 6.31. The first-order valence-electron chi connectivity index (χ1n) is 8.79. The number of nitrogens with two attached hydrogens (primary N) is 1. The molecule has 5 nitrogen and oxygen atoms in total. The Morgan fingerprint density at radius 1 is 1.15 bits per heavy atom. The summed E-state index contributed by atoms with van der Waals surface area (Å²) in [6, 6.07) is 15.6. The highest BCUT2D eigenvalue weighted by Crippen LogP contribution is 2.28. The summed E-state index contributed by atoms with van der Waals surface area (Å²) in [5.74, 6) is 1.07. The number of likely N-dealkylation sites (N-methyl/N-ethyl adjacent to an activating group) is 1. The molecule has 1 atom stereocenters. The molecule has 0 amide bonds. The molecule has 0 aliphatic heterocycles. The van der Waals surface area contributed by atoms with Gasteiger partial charge in [-0.25, -0.2) is 0 Å². The van der Waals surface area contributed by atoms with Crippen LogP contribution in [0.3, 0.4) is 0 Å². The van der Waals surface area contributed by atoms with Crippen molar-refractivity contribution in [1.29, 1.82) is 0 Å². The molecule has 2 aromatic carbocycles. The number of halogens is 1. The third kappa shape index (κ3) is 5.13. The summed E-state index contributed by atoms with van der Waals surface area (Å²) in [6.07, 6.45) is 0. The number of aliphatic imine (C=N–C) groups is 1. The molecule has 26 heavy (non-hydrogen) atoms. The number of benzene rings is 2. The van der Waals surface area contributed by atoms with E-state index in [0.29, 0.717) is 12.5 Å². The number of nitrogens with one attached hydrogen (secondary N) is 1. The van der Waals surface area contributed by atoms with Gasteiger partial charge in [0, 0.05) is 5.02 Å². The van der Waals surface area contributed by atoms with Gasteiger partial charge in [0.1, 0.15) is 5.75 Å². The van der Waals surface area contributed by atoms with E-state index < -0.39 is 0 Å². The maximum atomic E-state index is 6.42. The van der Waals surface area contributed by atoms with Crippen LogP contribution in [-0.4, -0.2) is 37.6 Å². The second-order valence-corrected chi connectivity index (χ2v) is 6.22. The predicted octanol–water partition coefficient (Wildman–Crippen LogP) is 4.16. The van der Waals surface area contributed by atoms with Gasteiger partial charge in [-0.05, 0) is 36.9 Å². The molecule has 140 valence electrons. The van der Waals surface area contributed by atoms with Crippen molar-refractivity contribution in [2.45, 2.75) is 19.9 Å². The second-order valence-electron chi connectivity index (χ2n) is 5.81. The summed E-state index contributed by atoms with van der Waals surface area (Å²) in [6.45, 7) is 6.59. The minimum Gasteiger partial charge on any atom is -0.495 e. The molecule has 2 rings (SSSR count). The van der Waals surface area contributed by atoms with Crippen molar-refractivity contribution >= 4 is 23.2 Å². The van der Waals surface area contributed by atoms with Crippen LogP contribution < -0.4 is 15.8 Å². The SMILES string of the molecule is CCN(CC)C(CN=C(N)Nc1ccccc1OC)c1ccccc1Cl. The number of rotatable bonds is 8. The first kappa shape index (κ1) is 20.1. The monoisotopic (exact) mass is 374 g/mol. The van der Waals surface area contributed by atoms with Gasteiger partial charge in [0.05, 0.1) is 25.4 Å². The van der Waals surface area contributed by atoms with E-state index in [1.807, 2.05) is 48.5 Å². The summed E-state index contributed by atoms with van der Waals surface area (Å²) < 4.78 is 5.33. The topological polar surface area (TPSA) is 62.9 Å². The Labute approximate surface area is 160 Å². The molecule has 0 aliphatic rings. The highest BCUT2D eigenvalue weighted by atomic mass is 35.5. The van der Waals surface area contributed by atoms with Gasteiger partial charge in [0.2, 0.25) is 0 Å². The maximum Gasteiger partial charge on any atom is 0.193 e. The fourth-order valence-corrected chi connectivity index (χ4v) is 3.19. The lowest BCUT2D eigenvalue weighted by molar-refractivity contribution is 0.224. The van der Waals surface area contributed by atoms with E-state index in [-0.39, 0.29) is 6.04 Å². The van der Waals surface area contributed by atoms with Crippen molar-refractivity contribution in [2.24, 2.45) is 10.7 Å². The van der Waals surface area contributed by atoms with Crippen molar-refractivity contribution in [3.05, 3.63) is 59.1 Å². The number of methoxy groups -OCH3 is 1. The van der Waals surface area contributed by atoms with Crippen LogP contribution in [0.25, 0.3) is 0 Å². The smallest absolute Gasteiger partial charge is 0.193 e. The molecule has 0 heterocycles. The van der Waals surface area contributed by atoms with Gasteiger partial charge in [0.15, 0.2) is 5.96 Å². The Kier molecular flexibility index (Phi) is 7.75. The maximum absolute atomic E-state index is 6.42. The summed E-state index contributed by atoms with van der Waals surface area (Å²) >= 11 is 6.42. The van der Waals surface area contributed by atoms with Crippen LogP contribution in [0, 0.1) is 0 Å². The molecule has 0 fully saturated rings. The van der Waals surface area contributed by atoms with Gasteiger partial charge in [0.25, 0.3) is 0 Å². The van der Waals surface area contributed by atoms with E-state index in [0.717, 1.165) is 35.1 Å². The van der Waals surface area contributed by atoms with Crippen molar-refractivity contribution in [1.82, 2.24) is 4.90 Å². The summed E-state index contributed by atoms with van der Waals surface area (Å²) in [7, 11) is 1.63. The van der Waals surface area contributed by atoms with Crippen LogP contribution in [0.2, 0.25) is 5.02 Å². The zero-order valence-corrected chi connectivity index (χ0v) is 16.3. The van der Waals surface area contributed by atoms with Gasteiger partial charge in [-0.3, -0.25) is 9.89 Å². The van der Waals surface area contributed by atoms with Crippen molar-refractivity contribution in [3.63, 3.8) is 0 Å². The summed E-state index contributed by atoms with van der Waals surface area (Å²) in [4.78, 5) is 6.88. The number of nitrogens with zero attached hydrogens (tertiary/aromatic N) is 2. The van der Waals surface area contributed by atoms with Gasteiger partial charge < -0.3 is 15.8 Å². The zero-order valence-electron chi connectivity index (χ0n) is 15.6. The standard InChI is InChI=1S/C20H27ClN4O/c1-4-25(5-2)18(15-10-6-7-11-16(15)21)14-23-20(22)24-17-12-8-9-13-19(17)26-3/h6-13,18H,4-5,14H2,1-3H3,(H3,22,23,24). The number of hydrogen-bond acceptors (Lipinski definition) is 3. The molecular weight excluding hydrogens is 348 g/mol. The molecule has 1 unspecified atom stereocenters. The van der Waals surface area contributed by atoms with E-state index in [1.54, 1.807) is 7.11 Å². The van der Waals surface area contributed by atoms with Gasteiger partial charge >= 0.3 is 0 Å². The number of anilines is 1. The molecule has 0 spiro atoms. The average molecular weight is 375 g/mol. The van der Waals surface area contributed by atoms with Crippen LogP contribution in [0.5, 0.6) is 5.75 Å². The molecule has 3 N–H and O–H groups in total. The molecule has 0 aromatic heterocycles. The fraction of sp³-hybridized carbons (Fsp3) is 0.350. The Balaban J connectivity index is 2.20. The highest BCUT2D eigenvalue weighted by Gasteiger charge is 2.20. The third-order valence-electron chi connectivity index (χ3n) is 4.32.